The lowest BCUT2D eigenvalue weighted by molar-refractivity contribution is -0.274. The molecule has 3 aromatic rings. The Kier molecular flexibility index (Phi) is 5.95. The van der Waals surface area contributed by atoms with Crippen LogP contribution in [-0.2, 0) is 10.0 Å². The number of halogens is 4. The Bertz CT molecular complexity index is 1050. The number of rotatable bonds is 6. The van der Waals surface area contributed by atoms with Gasteiger partial charge in [-0.25, -0.2) is 4.98 Å². The van der Waals surface area contributed by atoms with Crippen LogP contribution in [0.4, 0.5) is 18.3 Å². The first-order valence-corrected chi connectivity index (χ1v) is 10.6. The first kappa shape index (κ1) is 20.6. The molecule has 0 aliphatic heterocycles. The third-order valence-corrected chi connectivity index (χ3v) is 6.23. The normalized spacial score (nSPS) is 11.9. The molecule has 1 heterocycles. The molecule has 0 spiro atoms. The van der Waals surface area contributed by atoms with Gasteiger partial charge in [0.15, 0.2) is 5.75 Å². The van der Waals surface area contributed by atoms with E-state index in [0.29, 0.717) is 4.47 Å². The number of aromatic nitrogens is 2. The van der Waals surface area contributed by atoms with Gasteiger partial charge in [0.25, 0.3) is 15.2 Å². The van der Waals surface area contributed by atoms with E-state index in [-0.39, 0.29) is 19.3 Å². The Morgan fingerprint density at radius 2 is 1.82 bits per heavy atom. The number of alkyl halides is 3. The third kappa shape index (κ3) is 4.82. The van der Waals surface area contributed by atoms with Crippen LogP contribution in [0, 0.1) is 3.57 Å². The topological polar surface area (TPSA) is 81.6 Å². The Morgan fingerprint density at radius 3 is 2.39 bits per heavy atom. The van der Waals surface area contributed by atoms with E-state index in [2.05, 4.69) is 14.1 Å². The molecule has 28 heavy (non-hydrogen) atoms. The Labute approximate surface area is 175 Å². The summed E-state index contributed by atoms with van der Waals surface area (Å²) in [5.74, 6) is -0.470. The fourth-order valence-corrected chi connectivity index (χ4v) is 4.46. The molecule has 0 saturated carbocycles. The zero-order chi connectivity index (χ0) is 20.4. The number of ether oxygens (including phenoxy) is 1. The molecular formula is C15H9F3IN3O4S2. The molecule has 0 radical (unpaired) electrons. The number of benzene rings is 2. The molecule has 0 unspecified atom stereocenters. The van der Waals surface area contributed by atoms with Crippen LogP contribution in [0.25, 0.3) is 0 Å². The van der Waals surface area contributed by atoms with Crippen molar-refractivity contribution >= 4 is 49.3 Å². The molecule has 2 aromatic carbocycles. The fourth-order valence-electron chi connectivity index (χ4n) is 1.97. The smallest absolute Gasteiger partial charge is 0.406 e. The van der Waals surface area contributed by atoms with Crippen molar-refractivity contribution in [2.24, 2.45) is 0 Å². The first-order valence-electron chi connectivity index (χ1n) is 7.27. The summed E-state index contributed by atoms with van der Waals surface area (Å²) < 4.78 is 71.4. The van der Waals surface area contributed by atoms with Crippen molar-refractivity contribution in [2.75, 3.05) is 4.47 Å². The predicted molar refractivity (Wildman–Crippen MR) is 102 cm³/mol. The van der Waals surface area contributed by atoms with E-state index in [1.807, 2.05) is 0 Å². The van der Waals surface area contributed by atoms with Gasteiger partial charge in [-0.15, -0.1) is 13.2 Å². The van der Waals surface area contributed by atoms with Crippen molar-refractivity contribution in [1.29, 1.82) is 0 Å². The van der Waals surface area contributed by atoms with Crippen molar-refractivity contribution in [3.05, 3.63) is 58.4 Å². The molecular weight excluding hydrogens is 534 g/mol. The number of nitrogens with zero attached hydrogens (tertiary/aromatic N) is 3. The molecule has 0 bridgehead atoms. The lowest BCUT2D eigenvalue weighted by atomic mass is 10.3. The lowest BCUT2D eigenvalue weighted by Crippen LogP contribution is -2.34. The van der Waals surface area contributed by atoms with Crippen LogP contribution >= 0.6 is 34.1 Å². The lowest BCUT2D eigenvalue weighted by Gasteiger charge is -2.21. The van der Waals surface area contributed by atoms with E-state index in [1.165, 1.54) is 24.3 Å². The Balaban J connectivity index is 1.96. The van der Waals surface area contributed by atoms with Gasteiger partial charge in [-0.05, 0) is 52.9 Å². The highest BCUT2D eigenvalue weighted by molar-refractivity contribution is 14.1. The highest BCUT2D eigenvalue weighted by atomic mass is 127. The molecule has 0 N–H and O–H groups in total. The number of hydrogen-bond acceptors (Lipinski definition) is 7. The maximum atomic E-state index is 13.0. The summed E-state index contributed by atoms with van der Waals surface area (Å²) in [7, 11) is -4.17. The highest BCUT2D eigenvalue weighted by Gasteiger charge is 2.32. The summed E-state index contributed by atoms with van der Waals surface area (Å²) in [5.41, 5.74) is 0. The third-order valence-electron chi connectivity index (χ3n) is 3.08. The number of anilines is 1. The van der Waals surface area contributed by atoms with Crippen LogP contribution < -0.4 is 14.0 Å². The van der Waals surface area contributed by atoms with Crippen LogP contribution in [0.15, 0.2) is 59.8 Å². The average molecular weight is 543 g/mol. The second kappa shape index (κ2) is 8.08. The predicted octanol–water partition coefficient (Wildman–Crippen LogP) is 4.23. The van der Waals surface area contributed by atoms with Gasteiger partial charge in [0.05, 0.1) is 8.47 Å². The molecule has 0 aliphatic rings. The standard InChI is InChI=1S/C15H9F3IN3O4S2/c16-15(17,18)25-10-6-7-13(12(19)8-10)26-22(14-20-9-21-27-14)28(23,24)11-4-2-1-3-5-11/h1-9H. The first-order chi connectivity index (χ1) is 13.2. The molecule has 13 heteroatoms. The van der Waals surface area contributed by atoms with Crippen molar-refractivity contribution in [3.63, 3.8) is 0 Å². The van der Waals surface area contributed by atoms with Crippen molar-refractivity contribution < 1.29 is 31.2 Å². The molecule has 0 amide bonds. The summed E-state index contributed by atoms with van der Waals surface area (Å²) in [5, 5.41) is -0.0738. The van der Waals surface area contributed by atoms with Gasteiger partial charge >= 0.3 is 6.36 Å². The highest BCUT2D eigenvalue weighted by Crippen LogP contribution is 2.32. The Hall–Kier alpha value is -2.13. The monoisotopic (exact) mass is 543 g/mol. The van der Waals surface area contributed by atoms with Gasteiger partial charge < -0.3 is 9.57 Å². The van der Waals surface area contributed by atoms with E-state index >= 15 is 0 Å². The minimum atomic E-state index is -4.85. The summed E-state index contributed by atoms with van der Waals surface area (Å²) >= 11 is 2.48. The Morgan fingerprint density at radius 1 is 1.11 bits per heavy atom. The van der Waals surface area contributed by atoms with Crippen LogP contribution in [-0.4, -0.2) is 24.1 Å². The molecule has 0 fully saturated rings. The SMILES string of the molecule is O=S(=O)(c1ccccc1)N(Oc1ccc(OC(F)(F)F)cc1I)c1ncns1. The number of sulfonamides is 1. The van der Waals surface area contributed by atoms with E-state index in [1.54, 1.807) is 28.7 Å². The number of hydrogen-bond donors (Lipinski definition) is 0. The van der Waals surface area contributed by atoms with E-state index in [4.69, 9.17) is 4.84 Å². The van der Waals surface area contributed by atoms with Gasteiger partial charge in [-0.3, -0.25) is 0 Å². The van der Waals surface area contributed by atoms with Crippen molar-refractivity contribution in [3.8, 4) is 11.5 Å². The van der Waals surface area contributed by atoms with Crippen molar-refractivity contribution in [1.82, 2.24) is 9.36 Å². The van der Waals surface area contributed by atoms with Gasteiger partial charge in [0, 0.05) is 11.5 Å². The summed E-state index contributed by atoms with van der Waals surface area (Å²) in [4.78, 5) is 9.30. The summed E-state index contributed by atoms with van der Waals surface area (Å²) in [6, 6.07) is 10.7. The maximum Gasteiger partial charge on any atom is 0.573 e. The molecule has 3 rings (SSSR count). The second-order valence-corrected chi connectivity index (χ2v) is 8.67. The van der Waals surface area contributed by atoms with Gasteiger partial charge in [-0.1, -0.05) is 22.7 Å². The summed E-state index contributed by atoms with van der Waals surface area (Å²) in [6.45, 7) is 0. The van der Waals surface area contributed by atoms with Crippen LogP contribution in [0.5, 0.6) is 11.5 Å². The summed E-state index contributed by atoms with van der Waals surface area (Å²) in [6.07, 6.45) is -3.69. The van der Waals surface area contributed by atoms with E-state index in [0.717, 1.165) is 36.1 Å². The minimum absolute atomic E-state index is 0.00942. The van der Waals surface area contributed by atoms with Crippen LogP contribution in [0.3, 0.4) is 0 Å². The van der Waals surface area contributed by atoms with Crippen LogP contribution in [0.2, 0.25) is 0 Å². The fraction of sp³-hybridized carbons (Fsp3) is 0.0667. The molecule has 148 valence electrons. The molecule has 7 nitrogen and oxygen atoms in total. The zero-order valence-electron chi connectivity index (χ0n) is 13.5. The quantitative estimate of drug-likeness (QED) is 0.342. The maximum absolute atomic E-state index is 13.0. The molecule has 0 saturated heterocycles. The van der Waals surface area contributed by atoms with Gasteiger partial charge in [0.2, 0.25) is 0 Å². The van der Waals surface area contributed by atoms with Crippen molar-refractivity contribution in [2.45, 2.75) is 11.3 Å². The van der Waals surface area contributed by atoms with Crippen LogP contribution in [0.1, 0.15) is 0 Å². The molecule has 0 atom stereocenters. The van der Waals surface area contributed by atoms with Gasteiger partial charge in [-0.2, -0.15) is 12.8 Å². The second-order valence-electron chi connectivity index (χ2n) is 5.00. The minimum Gasteiger partial charge on any atom is -0.406 e. The largest absolute Gasteiger partial charge is 0.573 e. The average Bonchev–Trinajstić information content (AvgIpc) is 3.14. The molecule has 0 aliphatic carbocycles. The van der Waals surface area contributed by atoms with E-state index in [9.17, 15) is 21.6 Å². The molecule has 1 aromatic heterocycles. The van der Waals surface area contributed by atoms with Gasteiger partial charge in [0.1, 0.15) is 12.1 Å². The van der Waals surface area contributed by atoms with E-state index < -0.39 is 22.1 Å². The zero-order valence-corrected chi connectivity index (χ0v) is 17.3.